The third-order valence-electron chi connectivity index (χ3n) is 4.42. The molecule has 25 heavy (non-hydrogen) atoms. The van der Waals surface area contributed by atoms with Gasteiger partial charge in [0.1, 0.15) is 12.4 Å². The first-order chi connectivity index (χ1) is 11.9. The van der Waals surface area contributed by atoms with Gasteiger partial charge in [-0.15, -0.1) is 0 Å². The molecule has 2 heterocycles. The molecule has 3 rings (SSSR count). The third kappa shape index (κ3) is 3.39. The molecular formula is C17H18FN3O4. The predicted octanol–water partition coefficient (Wildman–Crippen LogP) is 0.0206. The minimum Gasteiger partial charge on any atom is -0.391 e. The average molecular weight is 347 g/mol. The fourth-order valence-corrected chi connectivity index (χ4v) is 3.06. The second-order valence-corrected chi connectivity index (χ2v) is 6.13. The Morgan fingerprint density at radius 1 is 1.24 bits per heavy atom. The van der Waals surface area contributed by atoms with Gasteiger partial charge in [0, 0.05) is 25.9 Å². The molecule has 2 atom stereocenters. The smallest absolute Gasteiger partial charge is 0.331 e. The number of carbonyl (C=O) groups is 1. The van der Waals surface area contributed by atoms with Crippen LogP contribution in [0.4, 0.5) is 4.39 Å². The lowest BCUT2D eigenvalue weighted by Crippen LogP contribution is -2.41. The van der Waals surface area contributed by atoms with Crippen molar-refractivity contribution in [1.29, 1.82) is 0 Å². The van der Waals surface area contributed by atoms with E-state index in [4.69, 9.17) is 0 Å². The summed E-state index contributed by atoms with van der Waals surface area (Å²) in [4.78, 5) is 37.6. The molecule has 1 N–H and O–H groups in total. The second-order valence-electron chi connectivity index (χ2n) is 6.13. The molecule has 132 valence electrons. The zero-order valence-corrected chi connectivity index (χ0v) is 13.6. The maximum Gasteiger partial charge on any atom is 0.331 e. The Labute approximate surface area is 142 Å². The minimum absolute atomic E-state index is 0.140. The summed E-state index contributed by atoms with van der Waals surface area (Å²) in [5.41, 5.74) is -0.312. The molecule has 0 radical (unpaired) electrons. The molecule has 1 saturated heterocycles. The summed E-state index contributed by atoms with van der Waals surface area (Å²) in [6.45, 7) is -0.0985. The van der Waals surface area contributed by atoms with Gasteiger partial charge in [-0.2, -0.15) is 0 Å². The van der Waals surface area contributed by atoms with Crippen LogP contribution < -0.4 is 11.2 Å². The van der Waals surface area contributed by atoms with Crippen LogP contribution in [-0.2, 0) is 18.4 Å². The molecule has 0 saturated carbocycles. The molecule has 1 aromatic carbocycles. The molecule has 0 unspecified atom stereocenters. The lowest BCUT2D eigenvalue weighted by Gasteiger charge is -2.25. The molecule has 1 aliphatic heterocycles. The fraction of sp³-hybridized carbons (Fsp3) is 0.353. The number of aromatic nitrogens is 2. The highest BCUT2D eigenvalue weighted by atomic mass is 19.1. The number of nitrogens with zero attached hydrogens (tertiary/aromatic N) is 3. The topological polar surface area (TPSA) is 84.5 Å². The van der Waals surface area contributed by atoms with E-state index in [0.29, 0.717) is 6.42 Å². The molecule has 0 bridgehead atoms. The van der Waals surface area contributed by atoms with Crippen molar-refractivity contribution in [2.75, 3.05) is 6.54 Å². The van der Waals surface area contributed by atoms with E-state index >= 15 is 0 Å². The standard InChI is InChI=1S/C17H18FN3O4/c1-19-15(23)6-7-20(17(19)25)10-16(24)21-9-13(22)8-14(21)11-2-4-12(18)5-3-11/h2-7,13-14,22H,8-10H2,1H3/t13-,14-/m0/s1. The number of hydrogen-bond acceptors (Lipinski definition) is 4. The first-order valence-corrected chi connectivity index (χ1v) is 7.86. The van der Waals surface area contributed by atoms with Crippen LogP contribution >= 0.6 is 0 Å². The number of likely N-dealkylation sites (tertiary alicyclic amines) is 1. The monoisotopic (exact) mass is 347 g/mol. The first-order valence-electron chi connectivity index (χ1n) is 7.86. The molecule has 1 aromatic heterocycles. The average Bonchev–Trinajstić information content (AvgIpc) is 2.98. The lowest BCUT2D eigenvalue weighted by atomic mass is 10.0. The number of amides is 1. The molecule has 1 aliphatic rings. The van der Waals surface area contributed by atoms with Crippen molar-refractivity contribution in [3.05, 3.63) is 68.7 Å². The molecule has 8 heteroatoms. The maximum absolute atomic E-state index is 13.1. The highest BCUT2D eigenvalue weighted by Gasteiger charge is 2.35. The number of halogens is 1. The summed E-state index contributed by atoms with van der Waals surface area (Å²) >= 11 is 0. The van der Waals surface area contributed by atoms with Crippen LogP contribution in [0.3, 0.4) is 0 Å². The number of aliphatic hydroxyl groups excluding tert-OH is 1. The van der Waals surface area contributed by atoms with Gasteiger partial charge in [-0.1, -0.05) is 12.1 Å². The van der Waals surface area contributed by atoms with Gasteiger partial charge in [0.05, 0.1) is 12.1 Å². The normalized spacial score (nSPS) is 20.0. The zero-order chi connectivity index (χ0) is 18.1. The Balaban J connectivity index is 1.85. The summed E-state index contributed by atoms with van der Waals surface area (Å²) in [6.07, 6.45) is 0.942. The summed E-state index contributed by atoms with van der Waals surface area (Å²) in [5, 5.41) is 9.95. The number of hydrogen-bond donors (Lipinski definition) is 1. The number of benzene rings is 1. The Hall–Kier alpha value is -2.74. The Morgan fingerprint density at radius 2 is 1.92 bits per heavy atom. The van der Waals surface area contributed by atoms with Crippen molar-refractivity contribution in [3.63, 3.8) is 0 Å². The van der Waals surface area contributed by atoms with Crippen molar-refractivity contribution in [1.82, 2.24) is 14.0 Å². The van der Waals surface area contributed by atoms with Crippen LogP contribution in [0.15, 0.2) is 46.1 Å². The van der Waals surface area contributed by atoms with Crippen LogP contribution in [-0.4, -0.2) is 37.7 Å². The lowest BCUT2D eigenvalue weighted by molar-refractivity contribution is -0.133. The van der Waals surface area contributed by atoms with Crippen LogP contribution in [0.2, 0.25) is 0 Å². The summed E-state index contributed by atoms with van der Waals surface area (Å²) < 4.78 is 15.2. The summed E-state index contributed by atoms with van der Waals surface area (Å²) in [7, 11) is 1.34. The van der Waals surface area contributed by atoms with E-state index in [-0.39, 0.29) is 30.9 Å². The van der Waals surface area contributed by atoms with Gasteiger partial charge in [-0.3, -0.25) is 18.7 Å². The van der Waals surface area contributed by atoms with Gasteiger partial charge in [0.2, 0.25) is 5.91 Å². The molecule has 1 amide bonds. The molecular weight excluding hydrogens is 329 g/mol. The van der Waals surface area contributed by atoms with Crippen molar-refractivity contribution in [3.8, 4) is 0 Å². The fourth-order valence-electron chi connectivity index (χ4n) is 3.06. The zero-order valence-electron chi connectivity index (χ0n) is 13.6. The van der Waals surface area contributed by atoms with Crippen molar-refractivity contribution < 1.29 is 14.3 Å². The van der Waals surface area contributed by atoms with Crippen LogP contribution in [0.5, 0.6) is 0 Å². The Bertz CT molecular complexity index is 903. The number of rotatable bonds is 3. The number of β-amino-alcohol motifs (C(OH)–C–C–N with tert-alkyl or cyclic N) is 1. The largest absolute Gasteiger partial charge is 0.391 e. The predicted molar refractivity (Wildman–Crippen MR) is 87.4 cm³/mol. The minimum atomic E-state index is -0.684. The van der Waals surface area contributed by atoms with E-state index in [1.807, 2.05) is 0 Å². The van der Waals surface area contributed by atoms with Gasteiger partial charge in [0.15, 0.2) is 0 Å². The highest BCUT2D eigenvalue weighted by Crippen LogP contribution is 2.32. The molecule has 2 aromatic rings. The van der Waals surface area contributed by atoms with E-state index in [9.17, 15) is 23.9 Å². The van der Waals surface area contributed by atoms with Crippen LogP contribution in [0, 0.1) is 5.82 Å². The van der Waals surface area contributed by atoms with Gasteiger partial charge < -0.3 is 10.0 Å². The van der Waals surface area contributed by atoms with Crippen LogP contribution in [0.1, 0.15) is 18.0 Å². The van der Waals surface area contributed by atoms with E-state index in [0.717, 1.165) is 14.7 Å². The van der Waals surface area contributed by atoms with Crippen molar-refractivity contribution in [2.45, 2.75) is 25.1 Å². The highest BCUT2D eigenvalue weighted by molar-refractivity contribution is 5.77. The molecule has 0 spiro atoms. The van der Waals surface area contributed by atoms with Gasteiger partial charge >= 0.3 is 5.69 Å². The van der Waals surface area contributed by atoms with Crippen molar-refractivity contribution in [2.24, 2.45) is 7.05 Å². The van der Waals surface area contributed by atoms with Crippen molar-refractivity contribution >= 4 is 5.91 Å². The van der Waals surface area contributed by atoms with Gasteiger partial charge in [-0.05, 0) is 24.1 Å². The number of aliphatic hydroxyl groups is 1. The maximum atomic E-state index is 13.1. The Morgan fingerprint density at radius 3 is 2.60 bits per heavy atom. The van der Waals surface area contributed by atoms with Gasteiger partial charge in [0.25, 0.3) is 5.56 Å². The molecule has 1 fully saturated rings. The molecule has 7 nitrogen and oxygen atoms in total. The first kappa shape index (κ1) is 17.1. The number of carbonyl (C=O) groups excluding carboxylic acids is 1. The molecule has 0 aliphatic carbocycles. The summed E-state index contributed by atoms with van der Waals surface area (Å²) in [5.74, 6) is -0.733. The SMILES string of the molecule is Cn1c(=O)ccn(CC(=O)N2C[C@@H](O)C[C@H]2c2ccc(F)cc2)c1=O. The van der Waals surface area contributed by atoms with E-state index in [1.165, 1.54) is 36.3 Å². The summed E-state index contributed by atoms with van der Waals surface area (Å²) in [6, 6.07) is 6.60. The van der Waals surface area contributed by atoms with Gasteiger partial charge in [-0.25, -0.2) is 9.18 Å². The second kappa shape index (κ2) is 6.64. The van der Waals surface area contributed by atoms with E-state index in [1.54, 1.807) is 12.1 Å². The van der Waals surface area contributed by atoms with E-state index in [2.05, 4.69) is 0 Å². The Kier molecular flexibility index (Phi) is 4.54. The quantitative estimate of drug-likeness (QED) is 0.848. The van der Waals surface area contributed by atoms with E-state index < -0.39 is 17.4 Å². The van der Waals surface area contributed by atoms with Crippen LogP contribution in [0.25, 0.3) is 0 Å². The third-order valence-corrected chi connectivity index (χ3v) is 4.42.